The van der Waals surface area contributed by atoms with Gasteiger partial charge in [0.05, 0.1) is 5.71 Å². The van der Waals surface area contributed by atoms with Crippen LogP contribution in [-0.2, 0) is 4.84 Å². The molecular weight excluding hydrogens is 210 g/mol. The standard InChI is InChI=1S/C15H29NO/c1-11-12(9-13(2,3)4)15(8,17-16-11)10-14(5,6)7/h12H,9-10H2,1-8H3. The van der Waals surface area contributed by atoms with E-state index in [1.807, 2.05) is 0 Å². The number of rotatable bonds is 2. The van der Waals surface area contributed by atoms with Crippen LogP contribution in [0.1, 0.15) is 68.2 Å². The van der Waals surface area contributed by atoms with E-state index in [-0.39, 0.29) is 11.0 Å². The van der Waals surface area contributed by atoms with Crippen LogP contribution < -0.4 is 0 Å². The summed E-state index contributed by atoms with van der Waals surface area (Å²) >= 11 is 0. The number of nitrogens with zero attached hydrogens (tertiary/aromatic N) is 1. The first-order chi connectivity index (χ1) is 7.43. The Labute approximate surface area is 107 Å². The van der Waals surface area contributed by atoms with Crippen LogP contribution in [0.15, 0.2) is 5.16 Å². The fourth-order valence-corrected chi connectivity index (χ4v) is 2.93. The molecule has 100 valence electrons. The molecule has 0 radical (unpaired) electrons. The van der Waals surface area contributed by atoms with Crippen LogP contribution in [0.25, 0.3) is 0 Å². The molecule has 0 N–H and O–H groups in total. The lowest BCUT2D eigenvalue weighted by atomic mass is 9.70. The summed E-state index contributed by atoms with van der Waals surface area (Å²) < 4.78 is 0. The van der Waals surface area contributed by atoms with Crippen molar-refractivity contribution in [3.63, 3.8) is 0 Å². The highest BCUT2D eigenvalue weighted by Crippen LogP contribution is 2.44. The van der Waals surface area contributed by atoms with Crippen molar-refractivity contribution < 1.29 is 4.84 Å². The van der Waals surface area contributed by atoms with Crippen molar-refractivity contribution in [1.29, 1.82) is 0 Å². The second-order valence-corrected chi connectivity index (χ2v) is 8.19. The molecule has 2 heteroatoms. The van der Waals surface area contributed by atoms with Gasteiger partial charge in [0.1, 0.15) is 5.60 Å². The molecule has 17 heavy (non-hydrogen) atoms. The van der Waals surface area contributed by atoms with E-state index in [2.05, 4.69) is 60.5 Å². The van der Waals surface area contributed by atoms with E-state index in [9.17, 15) is 0 Å². The quantitative estimate of drug-likeness (QED) is 0.688. The van der Waals surface area contributed by atoms with Crippen molar-refractivity contribution in [1.82, 2.24) is 0 Å². The van der Waals surface area contributed by atoms with Crippen molar-refractivity contribution in [3.05, 3.63) is 0 Å². The van der Waals surface area contributed by atoms with Gasteiger partial charge in [0.25, 0.3) is 0 Å². The van der Waals surface area contributed by atoms with E-state index < -0.39 is 0 Å². The highest BCUT2D eigenvalue weighted by atomic mass is 16.7. The highest BCUT2D eigenvalue weighted by Gasteiger charge is 2.46. The summed E-state index contributed by atoms with van der Waals surface area (Å²) in [6, 6.07) is 0. The SMILES string of the molecule is CC1=NOC(C)(CC(C)(C)C)C1CC(C)(C)C. The summed E-state index contributed by atoms with van der Waals surface area (Å²) in [6.45, 7) is 18.0. The van der Waals surface area contributed by atoms with Gasteiger partial charge in [-0.05, 0) is 37.5 Å². The molecule has 1 aliphatic rings. The van der Waals surface area contributed by atoms with Gasteiger partial charge in [-0.15, -0.1) is 0 Å². The molecule has 2 atom stereocenters. The summed E-state index contributed by atoms with van der Waals surface area (Å²) in [6.07, 6.45) is 2.18. The Kier molecular flexibility index (Phi) is 3.67. The van der Waals surface area contributed by atoms with Crippen molar-refractivity contribution in [2.24, 2.45) is 21.9 Å². The monoisotopic (exact) mass is 239 g/mol. The molecule has 0 saturated carbocycles. The lowest BCUT2D eigenvalue weighted by Crippen LogP contribution is -2.40. The Balaban J connectivity index is 2.86. The van der Waals surface area contributed by atoms with Gasteiger partial charge in [0.15, 0.2) is 0 Å². The Morgan fingerprint density at radius 2 is 1.65 bits per heavy atom. The molecule has 0 amide bonds. The molecular formula is C15H29NO. The van der Waals surface area contributed by atoms with Crippen molar-refractivity contribution in [3.8, 4) is 0 Å². The first kappa shape index (κ1) is 14.5. The lowest BCUT2D eigenvalue weighted by molar-refractivity contribution is -0.0632. The van der Waals surface area contributed by atoms with Crippen LogP contribution in [0.3, 0.4) is 0 Å². The smallest absolute Gasteiger partial charge is 0.143 e. The summed E-state index contributed by atoms with van der Waals surface area (Å²) in [4.78, 5) is 5.78. The van der Waals surface area contributed by atoms with Crippen molar-refractivity contribution >= 4 is 5.71 Å². The van der Waals surface area contributed by atoms with Crippen molar-refractivity contribution in [2.75, 3.05) is 0 Å². The van der Waals surface area contributed by atoms with Crippen LogP contribution in [0.2, 0.25) is 0 Å². The normalized spacial score (nSPS) is 30.1. The minimum Gasteiger partial charge on any atom is -0.389 e. The van der Waals surface area contributed by atoms with E-state index in [4.69, 9.17) is 4.84 Å². The fourth-order valence-electron chi connectivity index (χ4n) is 2.93. The van der Waals surface area contributed by atoms with Gasteiger partial charge >= 0.3 is 0 Å². The maximum Gasteiger partial charge on any atom is 0.143 e. The molecule has 0 aromatic carbocycles. The second kappa shape index (κ2) is 4.29. The Bertz CT molecular complexity index is 306. The third-order valence-electron chi connectivity index (χ3n) is 3.34. The molecule has 0 aliphatic carbocycles. The van der Waals surface area contributed by atoms with Crippen LogP contribution in [-0.4, -0.2) is 11.3 Å². The summed E-state index contributed by atoms with van der Waals surface area (Å²) in [5.74, 6) is 0.446. The topological polar surface area (TPSA) is 21.6 Å². The van der Waals surface area contributed by atoms with Gasteiger partial charge < -0.3 is 4.84 Å². The third kappa shape index (κ3) is 4.01. The highest BCUT2D eigenvalue weighted by molar-refractivity contribution is 5.86. The minimum atomic E-state index is -0.129. The molecule has 0 aromatic heterocycles. The molecule has 0 spiro atoms. The van der Waals surface area contributed by atoms with Crippen LogP contribution in [0.5, 0.6) is 0 Å². The van der Waals surface area contributed by atoms with Crippen LogP contribution in [0.4, 0.5) is 0 Å². The predicted octanol–water partition coefficient (Wildman–Crippen LogP) is 4.64. The zero-order chi connectivity index (χ0) is 13.5. The number of oxime groups is 1. The van der Waals surface area contributed by atoms with E-state index in [1.54, 1.807) is 0 Å². The predicted molar refractivity (Wildman–Crippen MR) is 74.2 cm³/mol. The summed E-state index contributed by atoms with van der Waals surface area (Å²) in [7, 11) is 0. The van der Waals surface area contributed by atoms with E-state index in [1.165, 1.54) is 0 Å². The molecule has 1 heterocycles. The zero-order valence-corrected chi connectivity index (χ0v) is 12.8. The molecule has 0 bridgehead atoms. The van der Waals surface area contributed by atoms with Gasteiger partial charge in [-0.1, -0.05) is 46.7 Å². The lowest BCUT2D eigenvalue weighted by Gasteiger charge is -2.37. The summed E-state index contributed by atoms with van der Waals surface area (Å²) in [5.41, 5.74) is 1.61. The van der Waals surface area contributed by atoms with Gasteiger partial charge in [0.2, 0.25) is 0 Å². The van der Waals surface area contributed by atoms with E-state index in [0.717, 1.165) is 18.6 Å². The summed E-state index contributed by atoms with van der Waals surface area (Å²) in [5, 5.41) is 4.26. The molecule has 0 saturated heterocycles. The van der Waals surface area contributed by atoms with Gasteiger partial charge in [0, 0.05) is 5.92 Å². The molecule has 1 rings (SSSR count). The zero-order valence-electron chi connectivity index (χ0n) is 12.8. The fraction of sp³-hybridized carbons (Fsp3) is 0.933. The minimum absolute atomic E-state index is 0.129. The second-order valence-electron chi connectivity index (χ2n) is 8.19. The third-order valence-corrected chi connectivity index (χ3v) is 3.34. The maximum atomic E-state index is 5.78. The maximum absolute atomic E-state index is 5.78. The van der Waals surface area contributed by atoms with Gasteiger partial charge in [-0.3, -0.25) is 0 Å². The van der Waals surface area contributed by atoms with Crippen molar-refractivity contribution in [2.45, 2.75) is 73.8 Å². The molecule has 2 unspecified atom stereocenters. The number of hydrogen-bond donors (Lipinski definition) is 0. The Hall–Kier alpha value is -0.530. The Morgan fingerprint density at radius 3 is 2.06 bits per heavy atom. The largest absolute Gasteiger partial charge is 0.389 e. The first-order valence-corrected chi connectivity index (χ1v) is 6.66. The number of hydrogen-bond acceptors (Lipinski definition) is 2. The molecule has 0 fully saturated rings. The average molecular weight is 239 g/mol. The Morgan fingerprint density at radius 1 is 1.12 bits per heavy atom. The van der Waals surface area contributed by atoms with Crippen LogP contribution >= 0.6 is 0 Å². The molecule has 2 nitrogen and oxygen atoms in total. The van der Waals surface area contributed by atoms with Gasteiger partial charge in [-0.25, -0.2) is 0 Å². The molecule has 0 aromatic rings. The van der Waals surface area contributed by atoms with Crippen LogP contribution in [0, 0.1) is 16.7 Å². The van der Waals surface area contributed by atoms with E-state index in [0.29, 0.717) is 11.3 Å². The van der Waals surface area contributed by atoms with Gasteiger partial charge in [-0.2, -0.15) is 0 Å². The average Bonchev–Trinajstić information content (AvgIpc) is 2.27. The van der Waals surface area contributed by atoms with E-state index >= 15 is 0 Å². The molecule has 1 aliphatic heterocycles. The first-order valence-electron chi connectivity index (χ1n) is 6.66.